The first kappa shape index (κ1) is 39.0. The second-order valence-corrected chi connectivity index (χ2v) is 13.0. The number of anilines is 1. The number of aliphatic hydroxyl groups excluding tert-OH is 2. The van der Waals surface area contributed by atoms with Gasteiger partial charge in [0, 0.05) is 32.0 Å². The molecule has 0 unspecified atom stereocenters. The molecule has 2 aromatic carbocycles. The normalized spacial score (nSPS) is 15.9. The van der Waals surface area contributed by atoms with Crippen molar-refractivity contribution in [2.45, 2.75) is 85.9 Å². The molecule has 44 heavy (non-hydrogen) atoms. The van der Waals surface area contributed by atoms with Crippen LogP contribution in [0.3, 0.4) is 0 Å². The Hall–Kier alpha value is -3.01. The van der Waals surface area contributed by atoms with Gasteiger partial charge in [-0.15, -0.1) is 0 Å². The molecule has 0 amide bonds. The predicted octanol–water partition coefficient (Wildman–Crippen LogP) is 6.25. The second kappa shape index (κ2) is 18.7. The summed E-state index contributed by atoms with van der Waals surface area (Å²) in [4.78, 5) is 25.7. The lowest BCUT2D eigenvalue weighted by Gasteiger charge is -2.33. The Kier molecular flexibility index (Phi) is 16.6. The second-order valence-electron chi connectivity index (χ2n) is 13.0. The van der Waals surface area contributed by atoms with Gasteiger partial charge in [0.2, 0.25) is 0 Å². The van der Waals surface area contributed by atoms with E-state index >= 15 is 0 Å². The van der Waals surface area contributed by atoms with Crippen molar-refractivity contribution in [3.63, 3.8) is 0 Å². The van der Waals surface area contributed by atoms with Crippen molar-refractivity contribution < 1.29 is 33.7 Å². The zero-order valence-corrected chi connectivity index (χ0v) is 26.7. The molecule has 4 rings (SSSR count). The number of carbonyl (C=O) groups excluding carboxylic acids is 2. The van der Waals surface area contributed by atoms with Crippen molar-refractivity contribution in [3.05, 3.63) is 65.5 Å². The molecule has 9 heteroatoms. The van der Waals surface area contributed by atoms with Crippen LogP contribution in [0.1, 0.15) is 95.4 Å². The third kappa shape index (κ3) is 15.1. The molecule has 2 heterocycles. The van der Waals surface area contributed by atoms with E-state index in [1.807, 2.05) is 45.0 Å². The molecule has 0 saturated carbocycles. The lowest BCUT2D eigenvalue weighted by Crippen LogP contribution is -2.34. The van der Waals surface area contributed by atoms with Gasteiger partial charge >= 0.3 is 11.9 Å². The lowest BCUT2D eigenvalue weighted by molar-refractivity contribution is 0.00570. The summed E-state index contributed by atoms with van der Waals surface area (Å²) in [5.41, 5.74) is 1.08. The number of piperidine rings is 2. The van der Waals surface area contributed by atoms with E-state index in [1.54, 1.807) is 20.8 Å². The third-order valence-electron chi connectivity index (χ3n) is 6.94. The van der Waals surface area contributed by atoms with Crippen molar-refractivity contribution in [2.75, 3.05) is 44.3 Å². The summed E-state index contributed by atoms with van der Waals surface area (Å²) in [6.45, 7) is 15.7. The van der Waals surface area contributed by atoms with E-state index < -0.39 is 17.2 Å². The highest BCUT2D eigenvalue weighted by molar-refractivity contribution is 5.90. The number of ether oxygens (including phenoxy) is 2. The van der Waals surface area contributed by atoms with E-state index in [4.69, 9.17) is 19.7 Å². The zero-order valence-electron chi connectivity index (χ0n) is 26.7. The Morgan fingerprint density at radius 2 is 1.14 bits per heavy atom. The van der Waals surface area contributed by atoms with Gasteiger partial charge in [0.15, 0.2) is 0 Å². The maximum absolute atomic E-state index is 12.5. The minimum atomic E-state index is -0.522. The van der Waals surface area contributed by atoms with Gasteiger partial charge in [-0.25, -0.2) is 14.0 Å². The molecule has 2 aliphatic heterocycles. The Bertz CT molecular complexity index is 1100. The smallest absolute Gasteiger partial charge is 0.338 e. The van der Waals surface area contributed by atoms with Crippen molar-refractivity contribution in [1.29, 1.82) is 0 Å². The summed E-state index contributed by atoms with van der Waals surface area (Å²) in [7, 11) is 0. The molecule has 248 valence electrons. The van der Waals surface area contributed by atoms with Crippen LogP contribution in [0.5, 0.6) is 0 Å². The largest absolute Gasteiger partial charge is 0.456 e. The van der Waals surface area contributed by atoms with E-state index in [9.17, 15) is 14.0 Å². The fourth-order valence-electron chi connectivity index (χ4n) is 4.51. The minimum Gasteiger partial charge on any atom is -0.456 e. The van der Waals surface area contributed by atoms with Gasteiger partial charge in [0.1, 0.15) is 17.0 Å². The number of aliphatic hydroxyl groups is 2. The van der Waals surface area contributed by atoms with Gasteiger partial charge in [-0.05, 0) is 141 Å². The molecule has 2 aromatic rings. The Morgan fingerprint density at radius 1 is 0.750 bits per heavy atom. The Labute approximate surface area is 264 Å². The van der Waals surface area contributed by atoms with E-state index in [0.717, 1.165) is 57.5 Å². The lowest BCUT2D eigenvalue weighted by atomic mass is 9.97. The van der Waals surface area contributed by atoms with Gasteiger partial charge in [-0.3, -0.25) is 0 Å². The van der Waals surface area contributed by atoms with Crippen molar-refractivity contribution in [1.82, 2.24) is 5.32 Å². The summed E-state index contributed by atoms with van der Waals surface area (Å²) in [6.07, 6.45) is 4.33. The van der Waals surface area contributed by atoms with Crippen LogP contribution in [0.15, 0.2) is 48.5 Å². The number of nitrogens with zero attached hydrogens (tertiary/aromatic N) is 1. The van der Waals surface area contributed by atoms with Crippen molar-refractivity contribution in [2.24, 2.45) is 11.8 Å². The molecular formula is C35H55FN2O6. The summed E-state index contributed by atoms with van der Waals surface area (Å²) in [5, 5.41) is 21.1. The number of hydrogen-bond acceptors (Lipinski definition) is 8. The highest BCUT2D eigenvalue weighted by atomic mass is 19.1. The van der Waals surface area contributed by atoms with Crippen molar-refractivity contribution >= 4 is 17.6 Å². The average Bonchev–Trinajstić information content (AvgIpc) is 2.97. The Morgan fingerprint density at radius 3 is 1.50 bits per heavy atom. The number of esters is 2. The Balaban J connectivity index is 0.000000362. The molecular weight excluding hydrogens is 563 g/mol. The number of benzene rings is 2. The van der Waals surface area contributed by atoms with Gasteiger partial charge in [-0.2, -0.15) is 0 Å². The summed E-state index contributed by atoms with van der Waals surface area (Å²) >= 11 is 0. The molecule has 0 aliphatic carbocycles. The van der Waals surface area contributed by atoms with Gasteiger partial charge in [-0.1, -0.05) is 7.43 Å². The predicted molar refractivity (Wildman–Crippen MR) is 175 cm³/mol. The molecule has 0 spiro atoms. The first-order valence-corrected chi connectivity index (χ1v) is 15.2. The SMILES string of the molecule is C.CC(C)(C)OC(=O)c1ccc(F)cc1.CC(C)(C)OC(=O)c1ccc(N2CCC(CO)CC2)cc1.OCC1CCNCC1. The highest BCUT2D eigenvalue weighted by Gasteiger charge is 2.21. The number of halogens is 1. The molecule has 2 saturated heterocycles. The molecule has 0 aromatic heterocycles. The zero-order chi connectivity index (χ0) is 32.0. The van der Waals surface area contributed by atoms with Crippen LogP contribution < -0.4 is 10.2 Å². The summed E-state index contributed by atoms with van der Waals surface area (Å²) < 4.78 is 23.0. The first-order valence-electron chi connectivity index (χ1n) is 15.2. The van der Waals surface area contributed by atoms with Crippen LogP contribution in [-0.2, 0) is 9.47 Å². The van der Waals surface area contributed by atoms with E-state index in [2.05, 4.69) is 10.2 Å². The number of hydrogen-bond donors (Lipinski definition) is 3. The fourth-order valence-corrected chi connectivity index (χ4v) is 4.51. The van der Waals surface area contributed by atoms with Crippen LogP contribution >= 0.6 is 0 Å². The third-order valence-corrected chi connectivity index (χ3v) is 6.94. The van der Waals surface area contributed by atoms with Crippen LogP contribution in [0, 0.1) is 17.7 Å². The molecule has 2 aliphatic rings. The molecule has 0 radical (unpaired) electrons. The quantitative estimate of drug-likeness (QED) is 0.338. The number of carbonyl (C=O) groups is 2. The molecule has 0 bridgehead atoms. The fraction of sp³-hybridized carbons (Fsp3) is 0.600. The summed E-state index contributed by atoms with van der Waals surface area (Å²) in [6, 6.07) is 12.9. The number of nitrogens with one attached hydrogen (secondary N) is 1. The van der Waals surface area contributed by atoms with Crippen LogP contribution in [0.25, 0.3) is 0 Å². The molecule has 3 N–H and O–H groups in total. The van der Waals surface area contributed by atoms with Crippen LogP contribution in [0.2, 0.25) is 0 Å². The van der Waals surface area contributed by atoms with E-state index in [1.165, 1.54) is 24.3 Å². The van der Waals surface area contributed by atoms with Gasteiger partial charge in [0.05, 0.1) is 11.1 Å². The van der Waals surface area contributed by atoms with E-state index in [-0.39, 0.29) is 25.8 Å². The van der Waals surface area contributed by atoms with Crippen LogP contribution in [-0.4, -0.2) is 72.7 Å². The standard InChI is InChI=1S/C17H25NO3.C11H13FO2.C6H13NO.CH4/c1-17(2,3)21-16(20)14-4-6-15(7-5-14)18-10-8-13(12-19)9-11-18;1-11(2,3)14-10(13)8-4-6-9(12)7-5-8;8-5-6-1-3-7-4-2-6;/h4-7,13,19H,8-12H2,1-3H3;4-7H,1-3H3;6-8H,1-5H2;1H4. The van der Waals surface area contributed by atoms with E-state index in [0.29, 0.717) is 29.6 Å². The maximum Gasteiger partial charge on any atom is 0.338 e. The monoisotopic (exact) mass is 618 g/mol. The van der Waals surface area contributed by atoms with Gasteiger partial charge < -0.3 is 29.9 Å². The first-order chi connectivity index (χ1) is 20.2. The summed E-state index contributed by atoms with van der Waals surface area (Å²) in [5.74, 6) is -0.0682. The molecule has 8 nitrogen and oxygen atoms in total. The average molecular weight is 619 g/mol. The molecule has 0 atom stereocenters. The van der Waals surface area contributed by atoms with Crippen molar-refractivity contribution in [3.8, 4) is 0 Å². The maximum atomic E-state index is 12.5. The number of rotatable bonds is 5. The van der Waals surface area contributed by atoms with Gasteiger partial charge in [0.25, 0.3) is 0 Å². The minimum absolute atomic E-state index is 0. The topological polar surface area (TPSA) is 108 Å². The molecule has 2 fully saturated rings. The van der Waals surface area contributed by atoms with Crippen LogP contribution in [0.4, 0.5) is 10.1 Å². The highest BCUT2D eigenvalue weighted by Crippen LogP contribution is 2.24.